The van der Waals surface area contributed by atoms with Gasteiger partial charge < -0.3 is 10.2 Å². The van der Waals surface area contributed by atoms with Crippen molar-refractivity contribution in [3.8, 4) is 0 Å². The van der Waals surface area contributed by atoms with Crippen LogP contribution >= 0.6 is 0 Å². The topological polar surface area (TPSA) is 15.3 Å². The van der Waals surface area contributed by atoms with E-state index in [4.69, 9.17) is 0 Å². The van der Waals surface area contributed by atoms with Crippen molar-refractivity contribution in [1.82, 2.24) is 10.2 Å². The SMILES string of the molecule is CCNC(CC)CN1CC2CCCC2C1. The van der Waals surface area contributed by atoms with E-state index in [1.807, 2.05) is 0 Å². The summed E-state index contributed by atoms with van der Waals surface area (Å²) in [5.74, 6) is 2.09. The van der Waals surface area contributed by atoms with Gasteiger partial charge in [-0.3, -0.25) is 0 Å². The summed E-state index contributed by atoms with van der Waals surface area (Å²) in [6.07, 6.45) is 5.76. The van der Waals surface area contributed by atoms with Gasteiger partial charge in [-0.05, 0) is 37.6 Å². The van der Waals surface area contributed by atoms with Gasteiger partial charge in [-0.15, -0.1) is 0 Å². The van der Waals surface area contributed by atoms with Crippen LogP contribution in [0.1, 0.15) is 39.5 Å². The lowest BCUT2D eigenvalue weighted by molar-refractivity contribution is 0.269. The van der Waals surface area contributed by atoms with Gasteiger partial charge in [0.25, 0.3) is 0 Å². The number of fused-ring (bicyclic) bond motifs is 1. The largest absolute Gasteiger partial charge is 0.313 e. The summed E-state index contributed by atoms with van der Waals surface area (Å²) in [5.41, 5.74) is 0. The molecule has 1 aliphatic carbocycles. The third-order valence-electron chi connectivity index (χ3n) is 4.27. The van der Waals surface area contributed by atoms with E-state index in [1.54, 1.807) is 0 Å². The molecule has 2 fully saturated rings. The molecule has 1 saturated carbocycles. The fourth-order valence-electron chi connectivity index (χ4n) is 3.42. The molecule has 3 atom stereocenters. The van der Waals surface area contributed by atoms with Gasteiger partial charge in [0.2, 0.25) is 0 Å². The predicted octanol–water partition coefficient (Wildman–Crippen LogP) is 2.11. The van der Waals surface area contributed by atoms with Gasteiger partial charge in [0.05, 0.1) is 0 Å². The maximum absolute atomic E-state index is 3.58. The molecular formula is C13H26N2. The number of nitrogens with zero attached hydrogens (tertiary/aromatic N) is 1. The van der Waals surface area contributed by atoms with Crippen LogP contribution in [0.15, 0.2) is 0 Å². The number of nitrogens with one attached hydrogen (secondary N) is 1. The minimum absolute atomic E-state index is 0.717. The van der Waals surface area contributed by atoms with Crippen molar-refractivity contribution in [2.45, 2.75) is 45.6 Å². The Morgan fingerprint density at radius 1 is 1.20 bits per heavy atom. The molecule has 0 aromatic carbocycles. The normalized spacial score (nSPS) is 33.2. The second-order valence-electron chi connectivity index (χ2n) is 5.33. The molecule has 0 radical (unpaired) electrons. The second-order valence-corrected chi connectivity index (χ2v) is 5.33. The van der Waals surface area contributed by atoms with Crippen molar-refractivity contribution >= 4 is 0 Å². The third-order valence-corrected chi connectivity index (χ3v) is 4.27. The fourth-order valence-corrected chi connectivity index (χ4v) is 3.42. The number of rotatable bonds is 5. The van der Waals surface area contributed by atoms with Crippen molar-refractivity contribution in [3.63, 3.8) is 0 Å². The molecule has 0 bridgehead atoms. The molecule has 2 nitrogen and oxygen atoms in total. The van der Waals surface area contributed by atoms with Crippen LogP contribution in [0.2, 0.25) is 0 Å². The summed E-state index contributed by atoms with van der Waals surface area (Å²) < 4.78 is 0. The Labute approximate surface area is 94.4 Å². The van der Waals surface area contributed by atoms with E-state index in [0.717, 1.165) is 18.4 Å². The van der Waals surface area contributed by atoms with Crippen molar-refractivity contribution in [1.29, 1.82) is 0 Å². The van der Waals surface area contributed by atoms with Crippen LogP contribution in [0.4, 0.5) is 0 Å². The molecule has 0 aromatic rings. The zero-order chi connectivity index (χ0) is 10.7. The van der Waals surface area contributed by atoms with Crippen molar-refractivity contribution in [3.05, 3.63) is 0 Å². The average molecular weight is 210 g/mol. The lowest BCUT2D eigenvalue weighted by atomic mass is 10.0. The first-order valence-electron chi connectivity index (χ1n) is 6.79. The van der Waals surface area contributed by atoms with E-state index >= 15 is 0 Å². The van der Waals surface area contributed by atoms with Crippen molar-refractivity contribution in [2.24, 2.45) is 11.8 Å². The molecule has 15 heavy (non-hydrogen) atoms. The molecule has 2 rings (SSSR count). The first kappa shape index (κ1) is 11.4. The predicted molar refractivity (Wildman–Crippen MR) is 65.0 cm³/mol. The summed E-state index contributed by atoms with van der Waals surface area (Å²) in [5, 5.41) is 3.58. The van der Waals surface area contributed by atoms with E-state index in [0.29, 0.717) is 6.04 Å². The maximum Gasteiger partial charge on any atom is 0.0192 e. The summed E-state index contributed by atoms with van der Waals surface area (Å²) in [6, 6.07) is 0.717. The highest BCUT2D eigenvalue weighted by Gasteiger charge is 2.36. The lowest BCUT2D eigenvalue weighted by Crippen LogP contribution is -2.40. The highest BCUT2D eigenvalue weighted by atomic mass is 15.2. The second kappa shape index (κ2) is 5.31. The smallest absolute Gasteiger partial charge is 0.0192 e. The van der Waals surface area contributed by atoms with Gasteiger partial charge in [0.15, 0.2) is 0 Å². The number of hydrogen-bond donors (Lipinski definition) is 1. The zero-order valence-electron chi connectivity index (χ0n) is 10.3. The van der Waals surface area contributed by atoms with Crippen LogP contribution < -0.4 is 5.32 Å². The van der Waals surface area contributed by atoms with Crippen molar-refractivity contribution < 1.29 is 0 Å². The minimum atomic E-state index is 0.717. The van der Waals surface area contributed by atoms with Crippen molar-refractivity contribution in [2.75, 3.05) is 26.2 Å². The highest BCUT2D eigenvalue weighted by Crippen LogP contribution is 2.37. The maximum atomic E-state index is 3.58. The Hall–Kier alpha value is -0.0800. The molecule has 2 aliphatic rings. The molecule has 1 saturated heterocycles. The van der Waals surface area contributed by atoms with Gasteiger partial charge in [0, 0.05) is 25.7 Å². The Morgan fingerprint density at radius 3 is 2.40 bits per heavy atom. The van der Waals surface area contributed by atoms with E-state index in [9.17, 15) is 0 Å². The Kier molecular flexibility index (Phi) is 4.04. The van der Waals surface area contributed by atoms with E-state index in [2.05, 4.69) is 24.1 Å². The molecule has 0 aromatic heterocycles. The number of hydrogen-bond acceptors (Lipinski definition) is 2. The van der Waals surface area contributed by atoms with Crippen LogP contribution in [-0.4, -0.2) is 37.1 Å². The van der Waals surface area contributed by atoms with E-state index < -0.39 is 0 Å². The Morgan fingerprint density at radius 2 is 1.87 bits per heavy atom. The molecule has 0 amide bonds. The molecular weight excluding hydrogens is 184 g/mol. The molecule has 3 unspecified atom stereocenters. The summed E-state index contributed by atoms with van der Waals surface area (Å²) >= 11 is 0. The monoisotopic (exact) mass is 210 g/mol. The van der Waals surface area contributed by atoms with Crippen LogP contribution in [0.25, 0.3) is 0 Å². The first-order valence-corrected chi connectivity index (χ1v) is 6.79. The summed E-state index contributed by atoms with van der Waals surface area (Å²) in [4.78, 5) is 2.70. The first-order chi connectivity index (χ1) is 7.33. The fraction of sp³-hybridized carbons (Fsp3) is 1.00. The summed E-state index contributed by atoms with van der Waals surface area (Å²) in [6.45, 7) is 9.65. The van der Waals surface area contributed by atoms with Gasteiger partial charge in [-0.25, -0.2) is 0 Å². The lowest BCUT2D eigenvalue weighted by Gasteiger charge is -2.24. The summed E-state index contributed by atoms with van der Waals surface area (Å²) in [7, 11) is 0. The van der Waals surface area contributed by atoms with Crippen LogP contribution in [0, 0.1) is 11.8 Å². The average Bonchev–Trinajstić information content (AvgIpc) is 2.77. The van der Waals surface area contributed by atoms with Gasteiger partial charge in [-0.2, -0.15) is 0 Å². The van der Waals surface area contributed by atoms with Crippen LogP contribution in [0.5, 0.6) is 0 Å². The quantitative estimate of drug-likeness (QED) is 0.747. The van der Waals surface area contributed by atoms with Gasteiger partial charge in [-0.1, -0.05) is 20.3 Å². The number of likely N-dealkylation sites (tertiary alicyclic amines) is 1. The van der Waals surface area contributed by atoms with Gasteiger partial charge in [0.1, 0.15) is 0 Å². The van der Waals surface area contributed by atoms with Crippen LogP contribution in [-0.2, 0) is 0 Å². The minimum Gasteiger partial charge on any atom is -0.313 e. The number of likely N-dealkylation sites (N-methyl/N-ethyl adjacent to an activating group) is 1. The standard InChI is InChI=1S/C13H26N2/c1-3-13(14-4-2)10-15-8-11-6-5-7-12(11)9-15/h11-14H,3-10H2,1-2H3. The molecule has 0 spiro atoms. The van der Waals surface area contributed by atoms with Crippen LogP contribution in [0.3, 0.4) is 0 Å². The van der Waals surface area contributed by atoms with E-state index in [1.165, 1.54) is 45.3 Å². The molecule has 1 heterocycles. The molecule has 2 heteroatoms. The zero-order valence-corrected chi connectivity index (χ0v) is 10.3. The Bertz CT molecular complexity index is 181. The molecule has 1 N–H and O–H groups in total. The molecule has 1 aliphatic heterocycles. The highest BCUT2D eigenvalue weighted by molar-refractivity contribution is 4.89. The third kappa shape index (κ3) is 2.73. The van der Waals surface area contributed by atoms with Gasteiger partial charge >= 0.3 is 0 Å². The Balaban J connectivity index is 1.76. The molecule has 88 valence electrons. The van der Waals surface area contributed by atoms with E-state index in [-0.39, 0.29) is 0 Å².